The minimum absolute atomic E-state index is 1.07. The van der Waals surface area contributed by atoms with Crippen LogP contribution in [-0.2, 0) is 4.79 Å². The second-order valence-electron chi connectivity index (χ2n) is 1.36. The monoisotopic (exact) mass is 137 g/mol. The number of carboxylic acid groups (broad SMARTS) is 1. The van der Waals surface area contributed by atoms with Gasteiger partial charge in [-0.1, -0.05) is 6.92 Å². The summed E-state index contributed by atoms with van der Waals surface area (Å²) in [6.45, 7) is 1.80. The molecule has 3 N–H and O–H groups in total. The highest BCUT2D eigenvalue weighted by atomic mass is 19.1. The third kappa shape index (κ3) is 38.0. The van der Waals surface area contributed by atoms with Gasteiger partial charge in [-0.3, -0.25) is 0 Å². The Kier molecular flexibility index (Phi) is 12.9. The Balaban J connectivity index is 0. The Labute approximate surface area is 53.7 Å². The largest absolute Gasteiger partial charge is 0.547 e. The summed E-state index contributed by atoms with van der Waals surface area (Å²) in [7, 11) is 0. The Bertz CT molecular complexity index is 66.0. The van der Waals surface area contributed by atoms with Crippen LogP contribution in [0.2, 0.25) is 0 Å². The van der Waals surface area contributed by atoms with Gasteiger partial charge in [0, 0.05) is 0 Å². The summed E-state index contributed by atoms with van der Waals surface area (Å²) in [5.41, 5.74) is 3.60. The molecule has 0 rings (SSSR count). The van der Waals surface area contributed by atoms with Gasteiger partial charge in [0.1, 0.15) is 6.67 Å². The predicted molar refractivity (Wildman–Crippen MR) is 29.0 cm³/mol. The van der Waals surface area contributed by atoms with Crippen LogP contribution in [-0.4, -0.2) is 19.2 Å². The normalized spacial score (nSPS) is 7.44. The predicted octanol–water partition coefficient (Wildman–Crippen LogP) is -1.66. The van der Waals surface area contributed by atoms with Crippen LogP contribution in [0, 0.1) is 0 Å². The fourth-order valence-corrected chi connectivity index (χ4v) is 0. The summed E-state index contributed by atoms with van der Waals surface area (Å²) in [5, 5.41) is 8.88. The zero-order valence-corrected chi connectivity index (χ0v) is 5.52. The molecular formula is C5H12FNO2. The lowest BCUT2D eigenvalue weighted by Crippen LogP contribution is -2.49. The molecule has 0 aliphatic carbocycles. The van der Waals surface area contributed by atoms with Gasteiger partial charge in [0.05, 0.1) is 12.5 Å². The summed E-state index contributed by atoms with van der Waals surface area (Å²) < 4.78 is 10.5. The average molecular weight is 137 g/mol. The number of rotatable bonds is 2. The molecule has 56 valence electrons. The van der Waals surface area contributed by atoms with E-state index in [-0.39, 0.29) is 0 Å². The van der Waals surface area contributed by atoms with E-state index in [2.05, 4.69) is 12.7 Å². The summed E-state index contributed by atoms with van der Waals surface area (Å²) in [5.74, 6) is -1.66. The van der Waals surface area contributed by atoms with Gasteiger partial charge in [-0.25, -0.2) is 4.39 Å². The first-order valence-corrected chi connectivity index (χ1v) is 2.74. The highest BCUT2D eigenvalue weighted by Gasteiger charge is 1.70. The van der Waals surface area contributed by atoms with Crippen molar-refractivity contribution in [3.05, 3.63) is 0 Å². The van der Waals surface area contributed by atoms with E-state index in [0.29, 0.717) is 0 Å². The lowest BCUT2D eigenvalue weighted by atomic mass is 10.5. The zero-order chi connectivity index (χ0) is 7.70. The third-order valence-electron chi connectivity index (χ3n) is 0.463. The lowest BCUT2D eigenvalue weighted by molar-refractivity contribution is -0.367. The van der Waals surface area contributed by atoms with E-state index >= 15 is 0 Å². The molecule has 0 saturated carbocycles. The van der Waals surface area contributed by atoms with Gasteiger partial charge in [0.25, 0.3) is 0 Å². The lowest BCUT2D eigenvalue weighted by Gasteiger charge is -1.84. The molecular weight excluding hydrogens is 125 g/mol. The molecule has 0 aliphatic rings. The maximum atomic E-state index is 10.5. The van der Waals surface area contributed by atoms with Crippen LogP contribution >= 0.6 is 0 Å². The van der Waals surface area contributed by atoms with E-state index in [0.717, 1.165) is 6.54 Å². The molecule has 0 saturated heterocycles. The molecule has 0 aliphatic heterocycles. The van der Waals surface area contributed by atoms with Crippen LogP contribution in [0.4, 0.5) is 4.39 Å². The second-order valence-corrected chi connectivity index (χ2v) is 1.36. The molecule has 0 unspecified atom stereocenters. The van der Waals surface area contributed by atoms with E-state index in [1.165, 1.54) is 6.42 Å². The van der Waals surface area contributed by atoms with Gasteiger partial charge in [-0.2, -0.15) is 0 Å². The maximum absolute atomic E-state index is 10.5. The molecule has 9 heavy (non-hydrogen) atoms. The second kappa shape index (κ2) is 10.4. The summed E-state index contributed by atoms with van der Waals surface area (Å²) in [6, 6.07) is 0. The van der Waals surface area contributed by atoms with Crippen LogP contribution in [0.3, 0.4) is 0 Å². The molecule has 0 radical (unpaired) electrons. The number of alkyl halides is 1. The molecule has 0 amide bonds. The number of halogens is 1. The van der Waals surface area contributed by atoms with E-state index < -0.39 is 12.6 Å². The number of aliphatic carboxylic acids is 1. The van der Waals surface area contributed by atoms with Crippen molar-refractivity contribution in [3.63, 3.8) is 0 Å². The summed E-state index contributed by atoms with van der Waals surface area (Å²) >= 11 is 0. The van der Waals surface area contributed by atoms with Gasteiger partial charge in [0.2, 0.25) is 0 Å². The topological polar surface area (TPSA) is 67.8 Å². The average Bonchev–Trinajstić information content (AvgIpc) is 1.89. The smallest absolute Gasteiger partial charge is 0.129 e. The van der Waals surface area contributed by atoms with Crippen LogP contribution in [0.1, 0.15) is 13.3 Å². The maximum Gasteiger partial charge on any atom is 0.129 e. The Morgan fingerprint density at radius 3 is 2.00 bits per heavy atom. The Hall–Kier alpha value is -0.640. The van der Waals surface area contributed by atoms with Gasteiger partial charge in [0.15, 0.2) is 0 Å². The van der Waals surface area contributed by atoms with Gasteiger partial charge < -0.3 is 15.6 Å². The Morgan fingerprint density at radius 2 is 2.00 bits per heavy atom. The molecule has 0 atom stereocenters. The SMILES string of the molecule is CCC[NH3+].O=C([O-])CF. The van der Waals surface area contributed by atoms with Crippen molar-refractivity contribution in [2.75, 3.05) is 13.2 Å². The quantitative estimate of drug-likeness (QED) is 0.495. The number of quaternary nitrogens is 1. The molecule has 0 aromatic heterocycles. The van der Waals surface area contributed by atoms with Gasteiger partial charge >= 0.3 is 0 Å². The standard InChI is InChI=1S/C3H9N.C2H3FO2/c1-2-3-4;3-1-2(4)5/h2-4H2,1H3;1H2,(H,4,5). The van der Waals surface area contributed by atoms with Crippen molar-refractivity contribution in [2.24, 2.45) is 0 Å². The molecule has 0 aromatic carbocycles. The van der Waals surface area contributed by atoms with Crippen molar-refractivity contribution in [1.82, 2.24) is 0 Å². The number of carboxylic acids is 1. The third-order valence-corrected chi connectivity index (χ3v) is 0.463. The van der Waals surface area contributed by atoms with E-state index in [1.807, 2.05) is 0 Å². The summed E-state index contributed by atoms with van der Waals surface area (Å²) in [6.07, 6.45) is 1.21. The summed E-state index contributed by atoms with van der Waals surface area (Å²) in [4.78, 5) is 8.88. The minimum Gasteiger partial charge on any atom is -0.547 e. The van der Waals surface area contributed by atoms with Gasteiger partial charge in [-0.15, -0.1) is 0 Å². The van der Waals surface area contributed by atoms with Crippen LogP contribution < -0.4 is 10.8 Å². The first-order chi connectivity index (χ1) is 4.18. The van der Waals surface area contributed by atoms with Crippen molar-refractivity contribution in [2.45, 2.75) is 13.3 Å². The van der Waals surface area contributed by atoms with E-state index in [9.17, 15) is 4.39 Å². The minimum atomic E-state index is -1.66. The van der Waals surface area contributed by atoms with E-state index in [1.54, 1.807) is 0 Å². The number of hydrogen-bond donors (Lipinski definition) is 1. The first-order valence-electron chi connectivity index (χ1n) is 2.74. The van der Waals surface area contributed by atoms with Crippen molar-refractivity contribution < 1.29 is 20.0 Å². The number of carbonyl (C=O) groups is 1. The molecule has 4 heteroatoms. The van der Waals surface area contributed by atoms with Crippen molar-refractivity contribution in [3.8, 4) is 0 Å². The van der Waals surface area contributed by atoms with Crippen LogP contribution in [0.5, 0.6) is 0 Å². The molecule has 0 heterocycles. The molecule has 0 fully saturated rings. The van der Waals surface area contributed by atoms with Crippen molar-refractivity contribution >= 4 is 5.97 Å². The Morgan fingerprint density at radius 1 is 1.78 bits per heavy atom. The fourth-order valence-electron chi connectivity index (χ4n) is 0. The molecule has 0 spiro atoms. The molecule has 0 bridgehead atoms. The highest BCUT2D eigenvalue weighted by molar-refractivity contribution is 5.65. The molecule has 0 aromatic rings. The van der Waals surface area contributed by atoms with Crippen molar-refractivity contribution in [1.29, 1.82) is 0 Å². The van der Waals surface area contributed by atoms with Gasteiger partial charge in [-0.05, 0) is 6.42 Å². The number of hydrogen-bond acceptors (Lipinski definition) is 2. The van der Waals surface area contributed by atoms with Crippen LogP contribution in [0.15, 0.2) is 0 Å². The fraction of sp³-hybridized carbons (Fsp3) is 0.800. The number of carbonyl (C=O) groups excluding carboxylic acids is 1. The highest BCUT2D eigenvalue weighted by Crippen LogP contribution is 1.55. The van der Waals surface area contributed by atoms with E-state index in [4.69, 9.17) is 9.90 Å². The van der Waals surface area contributed by atoms with Crippen LogP contribution in [0.25, 0.3) is 0 Å². The first kappa shape index (κ1) is 11.2. The molecule has 3 nitrogen and oxygen atoms in total. The zero-order valence-electron chi connectivity index (χ0n) is 5.52.